The summed E-state index contributed by atoms with van der Waals surface area (Å²) >= 11 is 4.89. The minimum absolute atomic E-state index is 0.298. The van der Waals surface area contributed by atoms with Crippen LogP contribution in [-0.4, -0.2) is 24.1 Å². The molecule has 4 nitrogen and oxygen atoms in total. The van der Waals surface area contributed by atoms with E-state index in [2.05, 4.69) is 4.98 Å². The Bertz CT molecular complexity index is 583. The van der Waals surface area contributed by atoms with E-state index >= 15 is 0 Å². The Balaban J connectivity index is 2.33. The Kier molecular flexibility index (Phi) is 3.97. The molecule has 0 saturated heterocycles. The number of rotatable bonds is 4. The van der Waals surface area contributed by atoms with Gasteiger partial charge in [0.15, 0.2) is 0 Å². The van der Waals surface area contributed by atoms with Gasteiger partial charge in [0.05, 0.1) is 30.4 Å². The monoisotopic (exact) mass is 273 g/mol. The van der Waals surface area contributed by atoms with E-state index in [1.54, 1.807) is 13.3 Å². The molecule has 0 saturated carbocycles. The molecular weight excluding hydrogens is 258 g/mol. The highest BCUT2D eigenvalue weighted by atomic mass is 32.1. The summed E-state index contributed by atoms with van der Waals surface area (Å²) in [4.78, 5) is 6.52. The fraction of sp³-hybridized carbons (Fsp3) is 0.143. The lowest BCUT2D eigenvalue weighted by Gasteiger charge is -2.21. The number of nitrogens with two attached hydrogens (primary N) is 1. The molecule has 5 heteroatoms. The highest BCUT2D eigenvalue weighted by molar-refractivity contribution is 7.80. The van der Waals surface area contributed by atoms with E-state index in [0.717, 1.165) is 17.1 Å². The molecular formula is C14H15N3OS. The number of hydrogen-bond acceptors (Lipinski definition) is 4. The number of methoxy groups -OCH3 is 1. The van der Waals surface area contributed by atoms with E-state index in [1.807, 2.05) is 48.3 Å². The van der Waals surface area contributed by atoms with E-state index < -0.39 is 0 Å². The molecule has 0 radical (unpaired) electrons. The van der Waals surface area contributed by atoms with Crippen LogP contribution in [0.3, 0.4) is 0 Å². The Morgan fingerprint density at radius 2 is 2.00 bits per heavy atom. The van der Waals surface area contributed by atoms with Crippen LogP contribution in [0.1, 0.15) is 5.69 Å². The van der Waals surface area contributed by atoms with Crippen molar-refractivity contribution in [3.05, 3.63) is 48.3 Å². The van der Waals surface area contributed by atoms with Crippen LogP contribution in [0, 0.1) is 0 Å². The molecule has 1 aromatic carbocycles. The summed E-state index contributed by atoms with van der Waals surface area (Å²) in [7, 11) is 3.61. The van der Waals surface area contributed by atoms with Gasteiger partial charge in [-0.15, -0.1) is 0 Å². The van der Waals surface area contributed by atoms with Gasteiger partial charge in [0.2, 0.25) is 0 Å². The summed E-state index contributed by atoms with van der Waals surface area (Å²) in [5, 5.41) is 0. The molecule has 1 aromatic heterocycles. The molecule has 0 aliphatic carbocycles. The van der Waals surface area contributed by atoms with Crippen molar-refractivity contribution in [1.29, 1.82) is 0 Å². The SMILES string of the molecule is COc1ccccc1N(C)c1ccc(C(N)=S)nc1. The first-order valence-corrected chi connectivity index (χ1v) is 6.17. The van der Waals surface area contributed by atoms with Gasteiger partial charge >= 0.3 is 0 Å². The van der Waals surface area contributed by atoms with Gasteiger partial charge in [-0.3, -0.25) is 4.98 Å². The van der Waals surface area contributed by atoms with E-state index in [0.29, 0.717) is 10.7 Å². The number of pyridine rings is 1. The van der Waals surface area contributed by atoms with Gasteiger partial charge in [0, 0.05) is 7.05 Å². The highest BCUT2D eigenvalue weighted by Crippen LogP contribution is 2.31. The number of ether oxygens (including phenoxy) is 1. The molecule has 0 amide bonds. The van der Waals surface area contributed by atoms with Crippen molar-refractivity contribution in [2.24, 2.45) is 5.73 Å². The highest BCUT2D eigenvalue weighted by Gasteiger charge is 2.09. The van der Waals surface area contributed by atoms with Gasteiger partial charge in [-0.2, -0.15) is 0 Å². The second-order valence-corrected chi connectivity index (χ2v) is 4.44. The molecule has 2 rings (SSSR count). The summed E-state index contributed by atoms with van der Waals surface area (Å²) in [6.07, 6.45) is 1.74. The predicted octanol–water partition coefficient (Wildman–Crippen LogP) is 2.49. The van der Waals surface area contributed by atoms with Gasteiger partial charge in [-0.25, -0.2) is 0 Å². The number of para-hydroxylation sites is 2. The van der Waals surface area contributed by atoms with Crippen LogP contribution in [-0.2, 0) is 0 Å². The number of nitrogens with zero attached hydrogens (tertiary/aromatic N) is 2. The molecule has 0 aliphatic heterocycles. The van der Waals surface area contributed by atoms with Crippen molar-refractivity contribution in [3.8, 4) is 5.75 Å². The summed E-state index contributed by atoms with van der Waals surface area (Å²) in [5.41, 5.74) is 8.05. The lowest BCUT2D eigenvalue weighted by molar-refractivity contribution is 0.415. The first-order chi connectivity index (χ1) is 9.13. The molecule has 2 aromatic rings. The fourth-order valence-corrected chi connectivity index (χ4v) is 1.90. The minimum atomic E-state index is 0.298. The molecule has 98 valence electrons. The van der Waals surface area contributed by atoms with Gasteiger partial charge in [0.1, 0.15) is 10.7 Å². The number of aromatic nitrogens is 1. The van der Waals surface area contributed by atoms with Crippen molar-refractivity contribution < 1.29 is 4.74 Å². The molecule has 1 heterocycles. The summed E-state index contributed by atoms with van der Waals surface area (Å²) < 4.78 is 5.35. The molecule has 19 heavy (non-hydrogen) atoms. The van der Waals surface area contributed by atoms with Crippen LogP contribution in [0.4, 0.5) is 11.4 Å². The number of hydrogen-bond donors (Lipinski definition) is 1. The van der Waals surface area contributed by atoms with Crippen LogP contribution in [0.5, 0.6) is 5.75 Å². The molecule has 0 spiro atoms. The number of benzene rings is 1. The topological polar surface area (TPSA) is 51.4 Å². The first kappa shape index (κ1) is 13.3. The Labute approximate surface area is 117 Å². The molecule has 0 bridgehead atoms. The van der Waals surface area contributed by atoms with Gasteiger partial charge in [-0.05, 0) is 24.3 Å². The molecule has 2 N–H and O–H groups in total. The Morgan fingerprint density at radius 1 is 1.26 bits per heavy atom. The van der Waals surface area contributed by atoms with Crippen LogP contribution in [0.25, 0.3) is 0 Å². The third-order valence-corrected chi connectivity index (χ3v) is 3.04. The van der Waals surface area contributed by atoms with E-state index in [-0.39, 0.29) is 0 Å². The van der Waals surface area contributed by atoms with Crippen LogP contribution >= 0.6 is 12.2 Å². The van der Waals surface area contributed by atoms with E-state index in [4.69, 9.17) is 22.7 Å². The minimum Gasteiger partial charge on any atom is -0.495 e. The molecule has 0 aliphatic rings. The third kappa shape index (κ3) is 2.82. The zero-order chi connectivity index (χ0) is 13.8. The molecule has 0 unspecified atom stereocenters. The zero-order valence-electron chi connectivity index (χ0n) is 10.8. The van der Waals surface area contributed by atoms with Crippen molar-refractivity contribution in [2.45, 2.75) is 0 Å². The van der Waals surface area contributed by atoms with Gasteiger partial charge in [-0.1, -0.05) is 24.4 Å². The molecule has 0 atom stereocenters. The Hall–Kier alpha value is -2.14. The average molecular weight is 273 g/mol. The predicted molar refractivity (Wildman–Crippen MR) is 81.2 cm³/mol. The lowest BCUT2D eigenvalue weighted by Crippen LogP contribution is -2.14. The van der Waals surface area contributed by atoms with Gasteiger partial charge < -0.3 is 15.4 Å². The van der Waals surface area contributed by atoms with Crippen LogP contribution < -0.4 is 15.4 Å². The quantitative estimate of drug-likeness (QED) is 0.867. The van der Waals surface area contributed by atoms with Crippen molar-refractivity contribution >= 4 is 28.6 Å². The second-order valence-electron chi connectivity index (χ2n) is 4.00. The summed E-state index contributed by atoms with van der Waals surface area (Å²) in [6, 6.07) is 11.5. The van der Waals surface area contributed by atoms with Crippen LogP contribution in [0.2, 0.25) is 0 Å². The summed E-state index contributed by atoms with van der Waals surface area (Å²) in [5.74, 6) is 0.809. The summed E-state index contributed by atoms with van der Waals surface area (Å²) in [6.45, 7) is 0. The van der Waals surface area contributed by atoms with E-state index in [1.165, 1.54) is 0 Å². The van der Waals surface area contributed by atoms with Crippen LogP contribution in [0.15, 0.2) is 42.6 Å². The second kappa shape index (κ2) is 5.67. The maximum absolute atomic E-state index is 5.53. The largest absolute Gasteiger partial charge is 0.495 e. The maximum atomic E-state index is 5.53. The van der Waals surface area contributed by atoms with Crippen molar-refractivity contribution in [1.82, 2.24) is 4.98 Å². The zero-order valence-corrected chi connectivity index (χ0v) is 11.6. The van der Waals surface area contributed by atoms with Crippen molar-refractivity contribution in [3.63, 3.8) is 0 Å². The first-order valence-electron chi connectivity index (χ1n) is 5.76. The smallest absolute Gasteiger partial charge is 0.142 e. The van der Waals surface area contributed by atoms with E-state index in [9.17, 15) is 0 Å². The third-order valence-electron chi connectivity index (χ3n) is 2.83. The van der Waals surface area contributed by atoms with Crippen molar-refractivity contribution in [2.75, 3.05) is 19.1 Å². The maximum Gasteiger partial charge on any atom is 0.142 e. The molecule has 0 fully saturated rings. The Morgan fingerprint density at radius 3 is 2.58 bits per heavy atom. The standard InChI is InChI=1S/C14H15N3OS/c1-17(12-5-3-4-6-13(12)18-2)10-7-8-11(14(15)19)16-9-10/h3-9H,1-2H3,(H2,15,19). The van der Waals surface area contributed by atoms with Gasteiger partial charge in [0.25, 0.3) is 0 Å². The number of anilines is 2. The fourth-order valence-electron chi connectivity index (χ4n) is 1.78. The lowest BCUT2D eigenvalue weighted by atomic mass is 10.2. The normalized spacial score (nSPS) is 10.0. The average Bonchev–Trinajstić information content (AvgIpc) is 2.46. The number of thiocarbonyl (C=S) groups is 1.